The number of amides is 1. The second kappa shape index (κ2) is 7.56. The number of nitrogens with zero attached hydrogens (tertiary/aromatic N) is 2. The van der Waals surface area contributed by atoms with E-state index in [1.807, 2.05) is 30.5 Å². The maximum absolute atomic E-state index is 12.8. The Hall–Kier alpha value is -2.99. The molecule has 4 rings (SSSR count). The highest BCUT2D eigenvalue weighted by Gasteiger charge is 2.21. The summed E-state index contributed by atoms with van der Waals surface area (Å²) < 4.78 is 7.68. The van der Waals surface area contributed by atoms with Gasteiger partial charge in [0.05, 0.1) is 18.1 Å². The third-order valence-electron chi connectivity index (χ3n) is 5.18. The van der Waals surface area contributed by atoms with E-state index in [1.165, 1.54) is 11.1 Å². The zero-order valence-corrected chi connectivity index (χ0v) is 16.1. The van der Waals surface area contributed by atoms with Gasteiger partial charge >= 0.3 is 0 Å². The zero-order chi connectivity index (χ0) is 19.7. The van der Waals surface area contributed by atoms with Gasteiger partial charge in [0.2, 0.25) is 5.43 Å². The summed E-state index contributed by atoms with van der Waals surface area (Å²) in [5, 5.41) is 3.33. The van der Waals surface area contributed by atoms with E-state index in [4.69, 9.17) is 4.74 Å². The molecule has 1 aliphatic rings. The fraction of sp³-hybridized carbons (Fsp3) is 0.318. The lowest BCUT2D eigenvalue weighted by molar-refractivity contribution is 0.0285. The Morgan fingerprint density at radius 3 is 2.82 bits per heavy atom. The molecule has 1 amide bonds. The van der Waals surface area contributed by atoms with E-state index in [9.17, 15) is 9.59 Å². The fourth-order valence-electron chi connectivity index (χ4n) is 3.60. The molecule has 1 N–H and O–H groups in total. The Morgan fingerprint density at radius 1 is 1.25 bits per heavy atom. The zero-order valence-electron chi connectivity index (χ0n) is 16.1. The number of aromatic nitrogens is 2. The second-order valence-corrected chi connectivity index (χ2v) is 7.10. The lowest BCUT2D eigenvalue weighted by Gasteiger charge is -2.25. The van der Waals surface area contributed by atoms with Crippen molar-refractivity contribution in [2.75, 3.05) is 6.54 Å². The molecule has 6 nitrogen and oxygen atoms in total. The maximum atomic E-state index is 12.8. The number of carbonyl (C=O) groups is 1. The number of pyridine rings is 2. The molecular weight excluding hydrogens is 354 g/mol. The standard InChI is InChI=1S/C22H23N3O3/c1-3-25-12-19(20(26)18-9-8-14(2)24-21(18)25)22(27)23-11-17-10-15-6-4-5-7-16(15)13-28-17/h4-9,12,17H,3,10-11,13H2,1-2H3,(H,23,27). The quantitative estimate of drug-likeness (QED) is 0.759. The summed E-state index contributed by atoms with van der Waals surface area (Å²) in [7, 11) is 0. The van der Waals surface area contributed by atoms with Crippen LogP contribution in [0.1, 0.15) is 34.1 Å². The third kappa shape index (κ3) is 3.43. The van der Waals surface area contributed by atoms with Crippen molar-refractivity contribution in [3.63, 3.8) is 0 Å². The number of carbonyl (C=O) groups excluding carboxylic acids is 1. The number of nitrogens with one attached hydrogen (secondary N) is 1. The summed E-state index contributed by atoms with van der Waals surface area (Å²) in [6.07, 6.45) is 2.25. The Labute approximate surface area is 163 Å². The summed E-state index contributed by atoms with van der Waals surface area (Å²) in [6.45, 7) is 5.37. The first-order valence-corrected chi connectivity index (χ1v) is 9.54. The van der Waals surface area contributed by atoms with E-state index >= 15 is 0 Å². The number of ether oxygens (including phenoxy) is 1. The summed E-state index contributed by atoms with van der Waals surface area (Å²) in [5.74, 6) is -0.378. The average molecular weight is 377 g/mol. The molecule has 144 valence electrons. The normalized spacial score (nSPS) is 16.0. The number of fused-ring (bicyclic) bond motifs is 2. The van der Waals surface area contributed by atoms with Gasteiger partial charge in [-0.1, -0.05) is 24.3 Å². The molecule has 0 spiro atoms. The summed E-state index contributed by atoms with van der Waals surface area (Å²) in [5.41, 5.74) is 3.72. The van der Waals surface area contributed by atoms with Crippen LogP contribution in [0.15, 0.2) is 47.4 Å². The highest BCUT2D eigenvalue weighted by atomic mass is 16.5. The summed E-state index contributed by atoms with van der Waals surface area (Å²) in [6, 6.07) is 11.7. The molecule has 0 aliphatic carbocycles. The number of aryl methyl sites for hydroxylation is 2. The van der Waals surface area contributed by atoms with Crippen molar-refractivity contribution in [1.82, 2.24) is 14.9 Å². The van der Waals surface area contributed by atoms with Gasteiger partial charge in [-0.3, -0.25) is 9.59 Å². The van der Waals surface area contributed by atoms with E-state index in [1.54, 1.807) is 18.3 Å². The fourth-order valence-corrected chi connectivity index (χ4v) is 3.60. The molecule has 0 saturated carbocycles. The monoisotopic (exact) mass is 377 g/mol. The van der Waals surface area contributed by atoms with Crippen molar-refractivity contribution in [1.29, 1.82) is 0 Å². The van der Waals surface area contributed by atoms with Crippen molar-refractivity contribution in [3.8, 4) is 0 Å². The van der Waals surface area contributed by atoms with Crippen LogP contribution in [0.4, 0.5) is 0 Å². The predicted octanol–water partition coefficient (Wildman–Crippen LogP) is 2.60. The number of hydrogen-bond acceptors (Lipinski definition) is 4. The van der Waals surface area contributed by atoms with Crippen molar-refractivity contribution >= 4 is 16.9 Å². The van der Waals surface area contributed by atoms with Crippen molar-refractivity contribution < 1.29 is 9.53 Å². The van der Waals surface area contributed by atoms with Crippen LogP contribution in [0.25, 0.3) is 11.0 Å². The Morgan fingerprint density at radius 2 is 2.04 bits per heavy atom. The van der Waals surface area contributed by atoms with Crippen molar-refractivity contribution in [2.45, 2.75) is 39.5 Å². The van der Waals surface area contributed by atoms with Crippen LogP contribution < -0.4 is 10.7 Å². The van der Waals surface area contributed by atoms with Gasteiger partial charge < -0.3 is 14.6 Å². The lowest BCUT2D eigenvalue weighted by atomic mass is 9.99. The summed E-state index contributed by atoms with van der Waals surface area (Å²) >= 11 is 0. The molecule has 6 heteroatoms. The largest absolute Gasteiger partial charge is 0.371 e. The van der Waals surface area contributed by atoms with Crippen molar-refractivity contribution in [3.05, 3.63) is 75.2 Å². The van der Waals surface area contributed by atoms with Crippen molar-refractivity contribution in [2.24, 2.45) is 0 Å². The smallest absolute Gasteiger partial charge is 0.256 e. The molecule has 28 heavy (non-hydrogen) atoms. The van der Waals surface area contributed by atoms with E-state index < -0.39 is 0 Å². The number of rotatable bonds is 4. The maximum Gasteiger partial charge on any atom is 0.256 e. The van der Waals surface area contributed by atoms with E-state index in [-0.39, 0.29) is 23.0 Å². The molecule has 3 aromatic rings. The van der Waals surface area contributed by atoms with E-state index in [0.29, 0.717) is 30.7 Å². The molecule has 1 atom stereocenters. The SMILES string of the molecule is CCn1cc(C(=O)NCC2Cc3ccccc3CO2)c(=O)c2ccc(C)nc21. The molecule has 1 aromatic carbocycles. The molecule has 3 heterocycles. The van der Waals surface area contributed by atoms with Gasteiger partial charge in [0.15, 0.2) is 0 Å². The first kappa shape index (κ1) is 18.4. The topological polar surface area (TPSA) is 73.2 Å². The van der Waals surface area contributed by atoms with E-state index in [2.05, 4.69) is 22.4 Å². The van der Waals surface area contributed by atoms with Gasteiger partial charge in [0, 0.05) is 31.4 Å². The van der Waals surface area contributed by atoms with Crippen LogP contribution in [-0.2, 0) is 24.3 Å². The lowest BCUT2D eigenvalue weighted by Crippen LogP contribution is -2.38. The third-order valence-corrected chi connectivity index (χ3v) is 5.18. The minimum atomic E-state index is -0.378. The minimum Gasteiger partial charge on any atom is -0.371 e. The van der Waals surface area contributed by atoms with Gasteiger partial charge in [-0.15, -0.1) is 0 Å². The van der Waals surface area contributed by atoms with Crippen LogP contribution in [0.3, 0.4) is 0 Å². The molecule has 1 unspecified atom stereocenters. The van der Waals surface area contributed by atoms with Gasteiger partial charge in [-0.25, -0.2) is 4.98 Å². The van der Waals surface area contributed by atoms with E-state index in [0.717, 1.165) is 12.1 Å². The molecule has 0 saturated heterocycles. The molecule has 1 aliphatic heterocycles. The second-order valence-electron chi connectivity index (χ2n) is 7.10. The Bertz CT molecular complexity index is 1100. The summed E-state index contributed by atoms with van der Waals surface area (Å²) in [4.78, 5) is 30.0. The Kier molecular flexibility index (Phi) is 4.96. The molecular formula is C22H23N3O3. The van der Waals surface area contributed by atoms with Crippen LogP contribution in [0, 0.1) is 6.92 Å². The molecule has 0 fully saturated rings. The molecule has 0 bridgehead atoms. The Balaban J connectivity index is 1.54. The van der Waals surface area contributed by atoms with Gasteiger partial charge in [-0.05, 0) is 37.1 Å². The van der Waals surface area contributed by atoms with Gasteiger partial charge in [0.25, 0.3) is 5.91 Å². The average Bonchev–Trinajstić information content (AvgIpc) is 2.72. The number of benzene rings is 1. The predicted molar refractivity (Wildman–Crippen MR) is 107 cm³/mol. The van der Waals surface area contributed by atoms with Crippen LogP contribution in [-0.4, -0.2) is 28.1 Å². The van der Waals surface area contributed by atoms with Crippen LogP contribution in [0.5, 0.6) is 0 Å². The van der Waals surface area contributed by atoms with Crippen LogP contribution in [0.2, 0.25) is 0 Å². The highest BCUT2D eigenvalue weighted by molar-refractivity contribution is 5.96. The van der Waals surface area contributed by atoms with Gasteiger partial charge in [-0.2, -0.15) is 0 Å². The van der Waals surface area contributed by atoms with Crippen LogP contribution >= 0.6 is 0 Å². The first-order chi connectivity index (χ1) is 13.6. The van der Waals surface area contributed by atoms with Gasteiger partial charge in [0.1, 0.15) is 11.2 Å². The molecule has 2 aromatic heterocycles. The first-order valence-electron chi connectivity index (χ1n) is 9.54. The minimum absolute atomic E-state index is 0.1000. The highest BCUT2D eigenvalue weighted by Crippen LogP contribution is 2.20. The number of hydrogen-bond donors (Lipinski definition) is 1. The molecule has 0 radical (unpaired) electrons.